The Hall–Kier alpha value is -4.39. The first-order chi connectivity index (χ1) is 20.0. The van der Waals surface area contributed by atoms with Gasteiger partial charge in [-0.1, -0.05) is 57.7 Å². The molecule has 0 unspecified atom stereocenters. The Morgan fingerprint density at radius 3 is 1.71 bits per heavy atom. The molecule has 3 aromatic carbocycles. The Balaban J connectivity index is 1.40. The molecular weight excluding hydrogens is 520 g/mol. The van der Waals surface area contributed by atoms with Crippen LogP contribution in [-0.4, -0.2) is 31.1 Å². The highest BCUT2D eigenvalue weighted by molar-refractivity contribution is 5.92. The summed E-state index contributed by atoms with van der Waals surface area (Å²) in [5.74, 6) is -0.187. The van der Waals surface area contributed by atoms with Crippen LogP contribution in [0.25, 0.3) is 0 Å². The first kappa shape index (κ1) is 31.1. The second-order valence-electron chi connectivity index (χ2n) is 9.56. The molecular formula is C34H38O7. The van der Waals surface area contributed by atoms with Gasteiger partial charge in [0.05, 0.1) is 24.3 Å². The lowest BCUT2D eigenvalue weighted by Crippen LogP contribution is -2.10. The van der Waals surface area contributed by atoms with Gasteiger partial charge in [-0.2, -0.15) is 0 Å². The fourth-order valence-corrected chi connectivity index (χ4v) is 3.99. The van der Waals surface area contributed by atoms with Crippen molar-refractivity contribution in [2.75, 3.05) is 13.2 Å². The van der Waals surface area contributed by atoms with Crippen LogP contribution < -0.4 is 14.2 Å². The normalized spacial score (nSPS) is 10.5. The van der Waals surface area contributed by atoms with Crippen LogP contribution in [0, 0.1) is 0 Å². The number of hydrogen-bond donors (Lipinski definition) is 0. The third kappa shape index (κ3) is 11.3. The number of benzene rings is 3. The lowest BCUT2D eigenvalue weighted by Gasteiger charge is -2.09. The number of ether oxygens (including phenoxy) is 4. The quantitative estimate of drug-likeness (QED) is 0.0732. The van der Waals surface area contributed by atoms with E-state index in [9.17, 15) is 14.4 Å². The number of unbranched alkanes of at least 4 members (excludes halogenated alkanes) is 5. The minimum absolute atomic E-state index is 0.236. The van der Waals surface area contributed by atoms with Gasteiger partial charge in [0.2, 0.25) is 0 Å². The van der Waals surface area contributed by atoms with Crippen molar-refractivity contribution < 1.29 is 33.3 Å². The van der Waals surface area contributed by atoms with Gasteiger partial charge in [-0.25, -0.2) is 14.4 Å². The number of aryl methyl sites for hydroxylation is 1. The highest BCUT2D eigenvalue weighted by Crippen LogP contribution is 2.21. The molecule has 7 heteroatoms. The van der Waals surface area contributed by atoms with E-state index < -0.39 is 17.9 Å². The minimum Gasteiger partial charge on any atom is -0.493 e. The van der Waals surface area contributed by atoms with Crippen LogP contribution in [0.3, 0.4) is 0 Å². The summed E-state index contributed by atoms with van der Waals surface area (Å²) in [7, 11) is 0. The van der Waals surface area contributed by atoms with E-state index in [0.717, 1.165) is 18.9 Å². The topological polar surface area (TPSA) is 88.1 Å². The molecule has 0 fully saturated rings. The van der Waals surface area contributed by atoms with Crippen molar-refractivity contribution in [1.29, 1.82) is 0 Å². The molecule has 0 aromatic heterocycles. The molecule has 3 rings (SSSR count). The van der Waals surface area contributed by atoms with Crippen LogP contribution in [0.2, 0.25) is 0 Å². The first-order valence-electron chi connectivity index (χ1n) is 14.1. The highest BCUT2D eigenvalue weighted by Gasteiger charge is 2.12. The molecule has 0 N–H and O–H groups in total. The van der Waals surface area contributed by atoms with Gasteiger partial charge in [0.25, 0.3) is 0 Å². The van der Waals surface area contributed by atoms with E-state index in [4.69, 9.17) is 18.9 Å². The van der Waals surface area contributed by atoms with Crippen molar-refractivity contribution in [3.05, 3.63) is 102 Å². The van der Waals surface area contributed by atoms with E-state index in [2.05, 4.69) is 13.5 Å². The van der Waals surface area contributed by atoms with Crippen molar-refractivity contribution in [3.8, 4) is 17.2 Å². The fourth-order valence-electron chi connectivity index (χ4n) is 3.99. The zero-order valence-corrected chi connectivity index (χ0v) is 23.6. The van der Waals surface area contributed by atoms with Crippen LogP contribution in [-0.2, 0) is 16.0 Å². The molecule has 3 aromatic rings. The van der Waals surface area contributed by atoms with Crippen molar-refractivity contribution in [3.63, 3.8) is 0 Å². The molecule has 41 heavy (non-hydrogen) atoms. The van der Waals surface area contributed by atoms with Crippen molar-refractivity contribution in [2.45, 2.75) is 58.3 Å². The highest BCUT2D eigenvalue weighted by atomic mass is 16.5. The summed E-state index contributed by atoms with van der Waals surface area (Å²) in [5.41, 5.74) is 2.05. The van der Waals surface area contributed by atoms with Gasteiger partial charge in [0.15, 0.2) is 0 Å². The molecule has 0 radical (unpaired) electrons. The molecule has 0 bridgehead atoms. The van der Waals surface area contributed by atoms with Crippen molar-refractivity contribution in [2.24, 2.45) is 0 Å². The fraction of sp³-hybridized carbons (Fsp3) is 0.324. The molecule has 0 spiro atoms. The number of rotatable bonds is 17. The van der Waals surface area contributed by atoms with Crippen molar-refractivity contribution >= 4 is 17.9 Å². The zero-order valence-electron chi connectivity index (χ0n) is 23.6. The Morgan fingerprint density at radius 2 is 1.15 bits per heavy atom. The summed E-state index contributed by atoms with van der Waals surface area (Å²) in [5, 5.41) is 0. The Labute approximate surface area is 242 Å². The van der Waals surface area contributed by atoms with Gasteiger partial charge in [0, 0.05) is 12.5 Å². The predicted molar refractivity (Wildman–Crippen MR) is 158 cm³/mol. The lowest BCUT2D eigenvalue weighted by molar-refractivity contribution is -0.137. The largest absolute Gasteiger partial charge is 0.493 e. The van der Waals surface area contributed by atoms with E-state index in [1.165, 1.54) is 37.7 Å². The smallest absolute Gasteiger partial charge is 0.343 e. The molecule has 0 aliphatic rings. The summed E-state index contributed by atoms with van der Waals surface area (Å²) in [6.45, 7) is 6.15. The standard InChI is InChI=1S/C34H38O7/c1-3-5-6-7-8-9-11-26-12-14-27(15-13-26)33(36)40-30-20-22-31(23-21-30)41-34(37)28-16-18-29(19-17-28)38-24-10-25-39-32(35)4-2/h4,12-23H,2-3,5-11,24-25H2,1H3. The molecule has 0 aliphatic heterocycles. The predicted octanol–water partition coefficient (Wildman–Crippen LogP) is 7.53. The van der Waals surface area contributed by atoms with Crippen LogP contribution in [0.15, 0.2) is 85.5 Å². The van der Waals surface area contributed by atoms with Crippen LogP contribution in [0.1, 0.15) is 78.1 Å². The summed E-state index contributed by atoms with van der Waals surface area (Å²) >= 11 is 0. The van der Waals surface area contributed by atoms with Gasteiger partial charge >= 0.3 is 17.9 Å². The molecule has 0 atom stereocenters. The number of carbonyl (C=O) groups excluding carboxylic acids is 3. The molecule has 7 nitrogen and oxygen atoms in total. The SMILES string of the molecule is C=CC(=O)OCCCOc1ccc(C(=O)Oc2ccc(OC(=O)c3ccc(CCCCCCCC)cc3)cc2)cc1. The molecule has 0 heterocycles. The Bertz CT molecular complexity index is 1250. The zero-order chi connectivity index (χ0) is 29.3. The van der Waals surface area contributed by atoms with Gasteiger partial charge in [-0.15, -0.1) is 0 Å². The van der Waals surface area contributed by atoms with E-state index in [1.807, 2.05) is 12.1 Å². The van der Waals surface area contributed by atoms with Crippen LogP contribution in [0.5, 0.6) is 17.2 Å². The van der Waals surface area contributed by atoms with Crippen LogP contribution in [0.4, 0.5) is 0 Å². The van der Waals surface area contributed by atoms with E-state index >= 15 is 0 Å². The third-order valence-corrected chi connectivity index (χ3v) is 6.31. The monoisotopic (exact) mass is 558 g/mol. The van der Waals surface area contributed by atoms with Gasteiger partial charge in [0.1, 0.15) is 17.2 Å². The molecule has 0 amide bonds. The number of hydrogen-bond acceptors (Lipinski definition) is 7. The van der Waals surface area contributed by atoms with E-state index in [0.29, 0.717) is 41.4 Å². The summed E-state index contributed by atoms with van der Waals surface area (Å²) < 4.78 is 21.4. The van der Waals surface area contributed by atoms with Gasteiger partial charge in [-0.3, -0.25) is 0 Å². The number of esters is 3. The Morgan fingerprint density at radius 1 is 0.634 bits per heavy atom. The average molecular weight is 559 g/mol. The van der Waals surface area contributed by atoms with E-state index in [-0.39, 0.29) is 6.61 Å². The summed E-state index contributed by atoms with van der Waals surface area (Å²) in [4.78, 5) is 36.1. The second-order valence-corrected chi connectivity index (χ2v) is 9.56. The second kappa shape index (κ2) is 17.3. The number of carbonyl (C=O) groups is 3. The van der Waals surface area contributed by atoms with Crippen molar-refractivity contribution in [1.82, 2.24) is 0 Å². The van der Waals surface area contributed by atoms with Gasteiger partial charge in [-0.05, 0) is 79.1 Å². The maximum absolute atomic E-state index is 12.6. The first-order valence-corrected chi connectivity index (χ1v) is 14.1. The van der Waals surface area contributed by atoms with Gasteiger partial charge < -0.3 is 18.9 Å². The molecule has 0 aliphatic carbocycles. The average Bonchev–Trinajstić information content (AvgIpc) is 3.00. The molecule has 216 valence electrons. The Kier molecular flexibility index (Phi) is 13.2. The van der Waals surface area contributed by atoms with Crippen LogP contribution >= 0.6 is 0 Å². The maximum atomic E-state index is 12.6. The lowest BCUT2D eigenvalue weighted by atomic mass is 10.0. The summed E-state index contributed by atoms with van der Waals surface area (Å²) in [6.07, 6.45) is 10.2. The maximum Gasteiger partial charge on any atom is 0.343 e. The molecule has 0 saturated carbocycles. The molecule has 0 saturated heterocycles. The van der Waals surface area contributed by atoms with E-state index in [1.54, 1.807) is 60.7 Å². The third-order valence-electron chi connectivity index (χ3n) is 6.31. The summed E-state index contributed by atoms with van der Waals surface area (Å²) in [6, 6.07) is 20.4. The minimum atomic E-state index is -0.529.